The van der Waals surface area contributed by atoms with E-state index in [9.17, 15) is 27.5 Å². The Morgan fingerprint density at radius 1 is 1.40 bits per heavy atom. The van der Waals surface area contributed by atoms with Crippen LogP contribution in [0.25, 0.3) is 0 Å². The normalized spacial score (nSPS) is 13.2. The number of benzene rings is 1. The summed E-state index contributed by atoms with van der Waals surface area (Å²) in [6, 6.07) is 0.931. The van der Waals surface area contributed by atoms with Gasteiger partial charge in [0.1, 0.15) is 11.9 Å². The highest BCUT2D eigenvalue weighted by atomic mass is 19.4. The largest absolute Gasteiger partial charge is 0.480 e. The van der Waals surface area contributed by atoms with Gasteiger partial charge in [0, 0.05) is 19.8 Å². The summed E-state index contributed by atoms with van der Waals surface area (Å²) in [5.74, 6) is -2.74. The monoisotopic (exact) mass is 359 g/mol. The van der Waals surface area contributed by atoms with Crippen molar-refractivity contribution in [1.29, 1.82) is 0 Å². The highest BCUT2D eigenvalue weighted by molar-refractivity contribution is 5.75. The SMILES string of the molecule is CN(CCc1cnn(C)c1)C(C(=O)O)c1ccc(F)c(C(F)(F)F)c1. The topological polar surface area (TPSA) is 58.4 Å². The Hall–Kier alpha value is -2.42. The van der Waals surface area contributed by atoms with Crippen molar-refractivity contribution in [3.05, 3.63) is 53.1 Å². The Bertz CT molecular complexity index is 758. The van der Waals surface area contributed by atoms with Crippen LogP contribution in [0.4, 0.5) is 17.6 Å². The zero-order valence-electron chi connectivity index (χ0n) is 13.6. The number of carbonyl (C=O) groups is 1. The van der Waals surface area contributed by atoms with E-state index >= 15 is 0 Å². The number of rotatable bonds is 6. The van der Waals surface area contributed by atoms with Crippen LogP contribution >= 0.6 is 0 Å². The fourth-order valence-corrected chi connectivity index (χ4v) is 2.55. The van der Waals surface area contributed by atoms with Gasteiger partial charge in [-0.25, -0.2) is 4.39 Å². The highest BCUT2D eigenvalue weighted by Crippen LogP contribution is 2.34. The molecule has 2 rings (SSSR count). The predicted octanol–water partition coefficient (Wildman–Crippen LogP) is 2.88. The molecule has 0 saturated heterocycles. The summed E-state index contributed by atoms with van der Waals surface area (Å²) in [5.41, 5.74) is -0.736. The van der Waals surface area contributed by atoms with Crippen LogP contribution in [-0.4, -0.2) is 39.3 Å². The average Bonchev–Trinajstić information content (AvgIpc) is 2.91. The number of aliphatic carboxylic acids is 1. The molecular formula is C16H17F4N3O2. The van der Waals surface area contributed by atoms with Gasteiger partial charge < -0.3 is 5.11 Å². The lowest BCUT2D eigenvalue weighted by atomic mass is 10.0. The van der Waals surface area contributed by atoms with Crippen LogP contribution in [0, 0.1) is 5.82 Å². The van der Waals surface area contributed by atoms with Gasteiger partial charge in [-0.1, -0.05) is 6.07 Å². The number of likely N-dealkylation sites (N-methyl/N-ethyl adjacent to an activating group) is 1. The third-order valence-electron chi connectivity index (χ3n) is 3.80. The van der Waals surface area contributed by atoms with Crippen molar-refractivity contribution in [2.45, 2.75) is 18.6 Å². The van der Waals surface area contributed by atoms with E-state index in [1.165, 1.54) is 11.9 Å². The van der Waals surface area contributed by atoms with Crippen LogP contribution in [0.5, 0.6) is 0 Å². The van der Waals surface area contributed by atoms with Gasteiger partial charge in [-0.2, -0.15) is 18.3 Å². The number of hydrogen-bond donors (Lipinski definition) is 1. The lowest BCUT2D eigenvalue weighted by Crippen LogP contribution is -2.32. The zero-order valence-corrected chi connectivity index (χ0v) is 13.6. The molecule has 0 aliphatic rings. The molecule has 0 aliphatic heterocycles. The molecule has 1 aromatic heterocycles. The molecule has 5 nitrogen and oxygen atoms in total. The van der Waals surface area contributed by atoms with Crippen molar-refractivity contribution in [3.8, 4) is 0 Å². The maximum absolute atomic E-state index is 13.4. The van der Waals surface area contributed by atoms with Gasteiger partial charge in [0.05, 0.1) is 11.8 Å². The molecule has 0 amide bonds. The number of aromatic nitrogens is 2. The number of alkyl halides is 3. The van der Waals surface area contributed by atoms with Crippen LogP contribution in [0.1, 0.15) is 22.7 Å². The minimum absolute atomic E-state index is 0.130. The van der Waals surface area contributed by atoms with E-state index in [0.717, 1.165) is 11.6 Å². The molecule has 0 bridgehead atoms. The van der Waals surface area contributed by atoms with Gasteiger partial charge in [0.2, 0.25) is 0 Å². The van der Waals surface area contributed by atoms with Crippen molar-refractivity contribution in [2.24, 2.45) is 7.05 Å². The second-order valence-corrected chi connectivity index (χ2v) is 5.73. The van der Waals surface area contributed by atoms with Gasteiger partial charge in [-0.15, -0.1) is 0 Å². The molecule has 0 fully saturated rings. The highest BCUT2D eigenvalue weighted by Gasteiger charge is 2.36. The summed E-state index contributed by atoms with van der Waals surface area (Å²) < 4.78 is 53.6. The summed E-state index contributed by atoms with van der Waals surface area (Å²) in [6.07, 6.45) is -1.02. The summed E-state index contributed by atoms with van der Waals surface area (Å²) in [4.78, 5) is 13.0. The summed E-state index contributed by atoms with van der Waals surface area (Å²) in [7, 11) is 3.23. The molecule has 25 heavy (non-hydrogen) atoms. The number of halogens is 4. The molecule has 0 saturated carbocycles. The molecule has 1 aromatic carbocycles. The molecule has 1 heterocycles. The fourth-order valence-electron chi connectivity index (χ4n) is 2.55. The predicted molar refractivity (Wildman–Crippen MR) is 81.3 cm³/mol. The lowest BCUT2D eigenvalue weighted by Gasteiger charge is -2.25. The van der Waals surface area contributed by atoms with E-state index in [-0.39, 0.29) is 12.1 Å². The number of hydrogen-bond acceptors (Lipinski definition) is 3. The molecule has 2 aromatic rings. The lowest BCUT2D eigenvalue weighted by molar-refractivity contribution is -0.144. The number of aryl methyl sites for hydroxylation is 1. The Morgan fingerprint density at radius 2 is 2.08 bits per heavy atom. The van der Waals surface area contributed by atoms with Crippen molar-refractivity contribution < 1.29 is 27.5 Å². The first kappa shape index (κ1) is 18.9. The van der Waals surface area contributed by atoms with Gasteiger partial charge in [0.15, 0.2) is 0 Å². The van der Waals surface area contributed by atoms with Crippen LogP contribution in [-0.2, 0) is 24.4 Å². The van der Waals surface area contributed by atoms with Crippen LogP contribution < -0.4 is 0 Å². The van der Waals surface area contributed by atoms with Crippen molar-refractivity contribution >= 4 is 5.97 Å². The first-order valence-corrected chi connectivity index (χ1v) is 7.37. The Morgan fingerprint density at radius 3 is 2.60 bits per heavy atom. The molecule has 0 spiro atoms. The van der Waals surface area contributed by atoms with Crippen LogP contribution in [0.15, 0.2) is 30.6 Å². The Kier molecular flexibility index (Phi) is 5.46. The molecule has 9 heteroatoms. The summed E-state index contributed by atoms with van der Waals surface area (Å²) in [5, 5.41) is 13.4. The quantitative estimate of drug-likeness (QED) is 0.806. The molecular weight excluding hydrogens is 342 g/mol. The molecule has 1 unspecified atom stereocenters. The first-order chi connectivity index (χ1) is 11.6. The number of carboxylic acids is 1. The minimum Gasteiger partial charge on any atom is -0.480 e. The molecule has 1 N–H and O–H groups in total. The van der Waals surface area contributed by atoms with E-state index in [2.05, 4.69) is 5.10 Å². The molecule has 1 atom stereocenters. The standard InChI is InChI=1S/C16H17F4N3O2/c1-22(6-5-10-8-21-23(2)9-10)14(15(24)25)11-3-4-13(17)12(7-11)16(18,19)20/h3-4,7-9,14H,5-6H2,1-2H3,(H,24,25). The van der Waals surface area contributed by atoms with Crippen molar-refractivity contribution in [1.82, 2.24) is 14.7 Å². The Balaban J connectivity index is 2.23. The number of carboxylic acid groups (broad SMARTS) is 1. The van der Waals surface area contributed by atoms with Crippen molar-refractivity contribution in [3.63, 3.8) is 0 Å². The zero-order chi connectivity index (χ0) is 18.8. The smallest absolute Gasteiger partial charge is 0.419 e. The van der Waals surface area contributed by atoms with Gasteiger partial charge in [-0.05, 0) is 36.7 Å². The third kappa shape index (κ3) is 4.56. The second-order valence-electron chi connectivity index (χ2n) is 5.73. The minimum atomic E-state index is -4.89. The van der Waals surface area contributed by atoms with E-state index in [4.69, 9.17) is 0 Å². The van der Waals surface area contributed by atoms with Gasteiger partial charge >= 0.3 is 12.1 Å². The van der Waals surface area contributed by atoms with Gasteiger partial charge in [0.25, 0.3) is 0 Å². The van der Waals surface area contributed by atoms with E-state index in [0.29, 0.717) is 18.6 Å². The summed E-state index contributed by atoms with van der Waals surface area (Å²) in [6.45, 7) is 0.279. The fraction of sp³-hybridized carbons (Fsp3) is 0.375. The van der Waals surface area contributed by atoms with Crippen LogP contribution in [0.3, 0.4) is 0 Å². The molecule has 0 radical (unpaired) electrons. The number of nitrogens with zero attached hydrogens (tertiary/aromatic N) is 3. The summed E-state index contributed by atoms with van der Waals surface area (Å²) >= 11 is 0. The van der Waals surface area contributed by atoms with Crippen LogP contribution in [0.2, 0.25) is 0 Å². The van der Waals surface area contributed by atoms with E-state index in [1.54, 1.807) is 24.1 Å². The third-order valence-corrected chi connectivity index (χ3v) is 3.80. The Labute approximate surface area is 141 Å². The van der Waals surface area contributed by atoms with E-state index in [1.807, 2.05) is 0 Å². The first-order valence-electron chi connectivity index (χ1n) is 7.37. The second kappa shape index (κ2) is 7.22. The molecule has 136 valence electrons. The van der Waals surface area contributed by atoms with E-state index < -0.39 is 29.6 Å². The maximum atomic E-state index is 13.4. The average molecular weight is 359 g/mol. The maximum Gasteiger partial charge on any atom is 0.419 e. The van der Waals surface area contributed by atoms with Crippen molar-refractivity contribution in [2.75, 3.05) is 13.6 Å². The van der Waals surface area contributed by atoms with Gasteiger partial charge in [-0.3, -0.25) is 14.4 Å². The molecule has 0 aliphatic carbocycles.